The molecule has 1 aliphatic rings. The van der Waals surface area contributed by atoms with E-state index in [9.17, 15) is 0 Å². The number of hydrogen-bond acceptors (Lipinski definition) is 2. The smallest absolute Gasteiger partial charge is 0.109 e. The maximum atomic E-state index is 5.55. The Morgan fingerprint density at radius 1 is 1.39 bits per heavy atom. The van der Waals surface area contributed by atoms with Crippen molar-refractivity contribution in [3.8, 4) is 0 Å². The van der Waals surface area contributed by atoms with Crippen LogP contribution >= 0.6 is 0 Å². The molecular weight excluding hydrogens is 222 g/mol. The molecule has 3 heteroatoms. The van der Waals surface area contributed by atoms with Gasteiger partial charge in [-0.15, -0.1) is 0 Å². The minimum atomic E-state index is 0.554. The summed E-state index contributed by atoms with van der Waals surface area (Å²) in [4.78, 5) is 7.90. The molecule has 1 saturated carbocycles. The molecule has 0 amide bonds. The van der Waals surface area contributed by atoms with Crippen molar-refractivity contribution in [1.82, 2.24) is 9.97 Å². The maximum Gasteiger partial charge on any atom is 0.109 e. The first-order valence-corrected chi connectivity index (χ1v) is 7.53. The van der Waals surface area contributed by atoms with Crippen molar-refractivity contribution < 1.29 is 0 Å². The summed E-state index contributed by atoms with van der Waals surface area (Å²) in [5.41, 5.74) is 6.73. The molecule has 18 heavy (non-hydrogen) atoms. The molecule has 1 aromatic rings. The quantitative estimate of drug-likeness (QED) is 0.812. The van der Waals surface area contributed by atoms with Gasteiger partial charge >= 0.3 is 0 Å². The molecule has 3 N–H and O–H groups in total. The van der Waals surface area contributed by atoms with Crippen LogP contribution in [0.1, 0.15) is 69.3 Å². The van der Waals surface area contributed by atoms with Crippen LogP contribution in [-0.4, -0.2) is 16.5 Å². The maximum absolute atomic E-state index is 5.55. The first-order chi connectivity index (χ1) is 8.79. The van der Waals surface area contributed by atoms with E-state index in [-0.39, 0.29) is 0 Å². The summed E-state index contributed by atoms with van der Waals surface area (Å²) in [6, 6.07) is 0. The summed E-state index contributed by atoms with van der Waals surface area (Å²) in [7, 11) is 0. The zero-order valence-corrected chi connectivity index (χ0v) is 11.6. The Balaban J connectivity index is 1.77. The normalized spacial score (nSPS) is 19.0. The van der Waals surface area contributed by atoms with Crippen molar-refractivity contribution in [3.05, 3.63) is 17.7 Å². The van der Waals surface area contributed by atoms with Crippen molar-refractivity contribution in [2.24, 2.45) is 11.7 Å². The molecule has 1 heterocycles. The predicted molar refractivity (Wildman–Crippen MR) is 75.6 cm³/mol. The fourth-order valence-corrected chi connectivity index (χ4v) is 3.01. The third-order valence-electron chi connectivity index (χ3n) is 4.26. The highest BCUT2D eigenvalue weighted by molar-refractivity contribution is 5.05. The predicted octanol–water partition coefficient (Wildman–Crippen LogP) is 3.37. The van der Waals surface area contributed by atoms with E-state index in [4.69, 9.17) is 5.73 Å². The lowest BCUT2D eigenvalue weighted by atomic mass is 9.84. The Hall–Kier alpha value is -0.830. The van der Waals surface area contributed by atoms with Crippen molar-refractivity contribution >= 4 is 0 Å². The molecule has 0 spiro atoms. The zero-order chi connectivity index (χ0) is 12.8. The summed E-state index contributed by atoms with van der Waals surface area (Å²) in [5, 5.41) is 0. The number of aromatic amines is 1. The van der Waals surface area contributed by atoms with Crippen LogP contribution in [0.3, 0.4) is 0 Å². The van der Waals surface area contributed by atoms with Crippen LogP contribution in [0.2, 0.25) is 0 Å². The SMILES string of the molecule is CC(CCC1CCCCC1)c1ncc(CCN)[nH]1. The van der Waals surface area contributed by atoms with E-state index in [1.807, 2.05) is 6.20 Å². The van der Waals surface area contributed by atoms with Crippen LogP contribution in [0.25, 0.3) is 0 Å². The third kappa shape index (κ3) is 3.84. The van der Waals surface area contributed by atoms with Crippen LogP contribution in [0, 0.1) is 5.92 Å². The fourth-order valence-electron chi connectivity index (χ4n) is 3.01. The Kier molecular flexibility index (Phi) is 5.24. The lowest BCUT2D eigenvalue weighted by molar-refractivity contribution is 0.324. The van der Waals surface area contributed by atoms with Crippen LogP contribution in [0.15, 0.2) is 6.20 Å². The van der Waals surface area contributed by atoms with E-state index < -0.39 is 0 Å². The number of nitrogens with one attached hydrogen (secondary N) is 1. The number of hydrogen-bond donors (Lipinski definition) is 2. The molecule has 1 aliphatic carbocycles. The van der Waals surface area contributed by atoms with Gasteiger partial charge in [-0.25, -0.2) is 4.98 Å². The molecule has 102 valence electrons. The standard InChI is InChI=1S/C15H27N3/c1-12(7-8-13-5-3-2-4-6-13)15-17-11-14(18-15)9-10-16/h11-13H,2-10,16H2,1H3,(H,17,18). The molecule has 1 fully saturated rings. The number of H-pyrrole nitrogens is 1. The summed E-state index contributed by atoms with van der Waals surface area (Å²) in [6.45, 7) is 2.98. The van der Waals surface area contributed by atoms with E-state index in [1.54, 1.807) is 0 Å². The average Bonchev–Trinajstić information content (AvgIpc) is 2.86. The molecule has 0 aromatic carbocycles. The lowest BCUT2D eigenvalue weighted by Gasteiger charge is -2.22. The van der Waals surface area contributed by atoms with Gasteiger partial charge < -0.3 is 10.7 Å². The Labute approximate surface area is 111 Å². The molecule has 1 aromatic heterocycles. The van der Waals surface area contributed by atoms with Gasteiger partial charge in [0, 0.05) is 24.2 Å². The van der Waals surface area contributed by atoms with E-state index in [0.29, 0.717) is 12.5 Å². The first-order valence-electron chi connectivity index (χ1n) is 7.53. The van der Waals surface area contributed by atoms with Gasteiger partial charge in [-0.05, 0) is 25.3 Å². The zero-order valence-electron chi connectivity index (χ0n) is 11.6. The van der Waals surface area contributed by atoms with Crippen LogP contribution in [0.4, 0.5) is 0 Å². The van der Waals surface area contributed by atoms with Gasteiger partial charge in [-0.1, -0.05) is 39.0 Å². The topological polar surface area (TPSA) is 54.7 Å². The van der Waals surface area contributed by atoms with Crippen molar-refractivity contribution in [2.75, 3.05) is 6.54 Å². The van der Waals surface area contributed by atoms with Crippen molar-refractivity contribution in [3.63, 3.8) is 0 Å². The summed E-state index contributed by atoms with van der Waals surface area (Å²) < 4.78 is 0. The fraction of sp³-hybridized carbons (Fsp3) is 0.800. The highest BCUT2D eigenvalue weighted by Crippen LogP contribution is 2.30. The number of aromatic nitrogens is 2. The average molecular weight is 249 g/mol. The summed E-state index contributed by atoms with van der Waals surface area (Å²) >= 11 is 0. The molecule has 0 bridgehead atoms. The Morgan fingerprint density at radius 3 is 2.89 bits per heavy atom. The summed E-state index contributed by atoms with van der Waals surface area (Å²) in [5.74, 6) is 2.67. The van der Waals surface area contributed by atoms with Crippen molar-refractivity contribution in [1.29, 1.82) is 0 Å². The molecule has 1 unspecified atom stereocenters. The molecule has 0 radical (unpaired) electrons. The van der Waals surface area contributed by atoms with Gasteiger partial charge in [-0.3, -0.25) is 0 Å². The van der Waals surface area contributed by atoms with Gasteiger partial charge in [0.05, 0.1) is 0 Å². The second kappa shape index (κ2) is 6.93. The van der Waals surface area contributed by atoms with Crippen LogP contribution in [0.5, 0.6) is 0 Å². The van der Waals surface area contributed by atoms with Crippen LogP contribution in [-0.2, 0) is 6.42 Å². The molecular formula is C15H27N3. The van der Waals surface area contributed by atoms with Gasteiger partial charge in [0.2, 0.25) is 0 Å². The first kappa shape index (κ1) is 13.6. The van der Waals surface area contributed by atoms with Crippen LogP contribution < -0.4 is 5.73 Å². The van der Waals surface area contributed by atoms with Gasteiger partial charge in [0.1, 0.15) is 5.82 Å². The monoisotopic (exact) mass is 249 g/mol. The number of nitrogens with zero attached hydrogens (tertiary/aromatic N) is 1. The lowest BCUT2D eigenvalue weighted by Crippen LogP contribution is -2.08. The number of nitrogens with two attached hydrogens (primary N) is 1. The molecule has 0 aliphatic heterocycles. The Bertz CT molecular complexity index is 339. The van der Waals surface area contributed by atoms with E-state index in [1.165, 1.54) is 50.6 Å². The highest BCUT2D eigenvalue weighted by atomic mass is 14.9. The van der Waals surface area contributed by atoms with Gasteiger partial charge in [-0.2, -0.15) is 0 Å². The third-order valence-corrected chi connectivity index (χ3v) is 4.26. The second-order valence-corrected chi connectivity index (χ2v) is 5.81. The molecule has 0 saturated heterocycles. The molecule has 2 rings (SSSR count). The summed E-state index contributed by atoms with van der Waals surface area (Å²) in [6.07, 6.45) is 12.7. The Morgan fingerprint density at radius 2 is 2.17 bits per heavy atom. The molecule has 3 nitrogen and oxygen atoms in total. The highest BCUT2D eigenvalue weighted by Gasteiger charge is 2.16. The minimum Gasteiger partial charge on any atom is -0.346 e. The number of imidazole rings is 1. The largest absolute Gasteiger partial charge is 0.346 e. The van der Waals surface area contributed by atoms with Gasteiger partial charge in [0.25, 0.3) is 0 Å². The number of rotatable bonds is 6. The second-order valence-electron chi connectivity index (χ2n) is 5.81. The van der Waals surface area contributed by atoms with E-state index >= 15 is 0 Å². The van der Waals surface area contributed by atoms with E-state index in [0.717, 1.165) is 18.2 Å². The molecule has 1 atom stereocenters. The van der Waals surface area contributed by atoms with Gasteiger partial charge in [0.15, 0.2) is 0 Å². The van der Waals surface area contributed by atoms with E-state index in [2.05, 4.69) is 16.9 Å². The van der Waals surface area contributed by atoms with Crippen molar-refractivity contribution in [2.45, 2.75) is 64.2 Å². The minimum absolute atomic E-state index is 0.554.